The van der Waals surface area contributed by atoms with Crippen molar-refractivity contribution < 1.29 is 127 Å². The van der Waals surface area contributed by atoms with E-state index in [1.807, 2.05) is 68.1 Å². The van der Waals surface area contributed by atoms with Gasteiger partial charge in [0.1, 0.15) is 22.9 Å². The Hall–Kier alpha value is -9.51. The van der Waals surface area contributed by atoms with Crippen molar-refractivity contribution in [2.45, 2.75) is 160 Å². The maximum absolute atomic E-state index is 14.3. The van der Waals surface area contributed by atoms with Gasteiger partial charge in [0.05, 0.1) is 64.4 Å². The maximum atomic E-state index is 14.3. The monoisotopic (exact) mass is 2070 g/mol. The molecule has 35 heteroatoms. The van der Waals surface area contributed by atoms with Gasteiger partial charge in [0, 0.05) is 98.2 Å². The molecule has 3 aliphatic heterocycles. The highest BCUT2D eigenvalue weighted by atomic mass is 127. The maximum Gasteiger partial charge on any atom is 0.428 e. The van der Waals surface area contributed by atoms with Gasteiger partial charge in [0.25, 0.3) is 10.0 Å². The number of aliphatic hydroxyl groups is 3. The molecule has 0 atom stereocenters. The third-order valence-corrected chi connectivity index (χ3v) is 33.2. The molecule has 0 bridgehead atoms. The van der Waals surface area contributed by atoms with Crippen molar-refractivity contribution >= 4 is 92.0 Å². The highest BCUT2D eigenvalue weighted by Gasteiger charge is 2.81. The number of nitrogen functional groups attached to an aromatic ring is 1. The lowest BCUT2D eigenvalue weighted by molar-refractivity contribution is -0.598. The number of carboxylic acids is 2. The second kappa shape index (κ2) is 55.6. The van der Waals surface area contributed by atoms with Gasteiger partial charge in [-0.15, -0.1) is 0 Å². The van der Waals surface area contributed by atoms with Crippen molar-refractivity contribution in [1.29, 1.82) is 0 Å². The summed E-state index contributed by atoms with van der Waals surface area (Å²) in [7, 11) is -18.4. The average Bonchev–Trinajstić information content (AvgIpc) is 0.788. The number of aromatic carboxylic acids is 2. The van der Waals surface area contributed by atoms with E-state index in [1.165, 1.54) is 111 Å². The number of nitrogens with two attached hydrogens (primary N) is 1. The Morgan fingerprint density at radius 1 is 0.560 bits per heavy atom. The number of hydrogen-bond donors (Lipinski definition) is 5. The van der Waals surface area contributed by atoms with Crippen molar-refractivity contribution in [3.8, 4) is 11.5 Å². The van der Waals surface area contributed by atoms with E-state index in [2.05, 4.69) is 180 Å². The first-order chi connectivity index (χ1) is 63.5. The number of piperazine rings is 1. The molecule has 6 N–H and O–H groups in total. The summed E-state index contributed by atoms with van der Waals surface area (Å²) in [6.07, 6.45) is 9.20. The molecule has 0 aliphatic carbocycles. The number of carbonyl (C=O) groups excluding carboxylic acids is 2. The van der Waals surface area contributed by atoms with Gasteiger partial charge in [-0.1, -0.05) is 211 Å². The van der Waals surface area contributed by atoms with Crippen LogP contribution in [-0.4, -0.2) is 203 Å². The first-order valence-electron chi connectivity index (χ1n) is 43.8. The summed E-state index contributed by atoms with van der Waals surface area (Å²) in [5.41, 5.74) is 9.98. The summed E-state index contributed by atoms with van der Waals surface area (Å²) in [5, 5.41) is 44.6. The molecule has 13 rings (SSSR count). The van der Waals surface area contributed by atoms with Gasteiger partial charge in [0.15, 0.2) is 33.2 Å². The lowest BCUT2D eigenvalue weighted by Gasteiger charge is -2.40. The first-order valence-corrected chi connectivity index (χ1v) is 53.5. The van der Waals surface area contributed by atoms with Crippen LogP contribution in [0.5, 0.6) is 11.5 Å². The van der Waals surface area contributed by atoms with Crippen LogP contribution in [0.3, 0.4) is 0 Å². The van der Waals surface area contributed by atoms with Crippen LogP contribution in [0.1, 0.15) is 150 Å². The lowest BCUT2D eigenvalue weighted by Crippen LogP contribution is -3.61. The summed E-state index contributed by atoms with van der Waals surface area (Å²) in [4.78, 5) is 43.6. The number of halogens is 7. The topological polar surface area (TPSA) is 352 Å². The second-order valence-electron chi connectivity index (χ2n) is 31.9. The Morgan fingerprint density at radius 2 is 1.01 bits per heavy atom. The normalized spacial score (nSPS) is 13.8. The number of likely N-dealkylation sites (tertiary alicyclic amines) is 1. The van der Waals surface area contributed by atoms with Crippen molar-refractivity contribution in [3.05, 3.63) is 288 Å². The highest BCUT2D eigenvalue weighted by Crippen LogP contribution is 2.53. The third-order valence-electron chi connectivity index (χ3n) is 20.8. The standard InChI is InChI=1S/C18H23OS.C18H15S.C14H16F6N3O6S3.C13H9IO2.C12H19N.C11H21NO2.C7H6O3.C6H15NO3/c1-2-3-12-19-17-10-11-18(20-13-6-7-14-20)16-9-5-4-8-15(16)17;1-4-10-16(11-5-1)19(17-12-6-2-7-13-17)18-14-8-3-9-15-18;1-30(24,25)21-31(26,27)13(17,18)12(15,16)14(19,20)32(28,29)23-9-7-22(8-10-23)11-5-3-2-4-6-11;15-13(16)11-8-4-5-9-12(11)14-10-6-2-1-3-7-10;1-8(2)10-6-5-7-11(9(3)4)12(10)13;1-4-11(2,3)14-10(13)12-8-6-5-7-9-12;8-6-4-2-1-3-5(6)7(9)10;8-4-1-7(2-5-9)3-6-10/h4-5,8-11H,2-3,6-7,12-14H2,1H3;1-15H;2-6H,7-10H2,1H3;1-9H;5-9H,13H2,1-4H3;4-9H2,1-3H3;1-4,8H,(H,9,10);8-10H,1-6H2/q2*+1;-1;;;;;/p-1. The predicted octanol–water partition coefficient (Wildman–Crippen LogP) is 14.4. The summed E-state index contributed by atoms with van der Waals surface area (Å²) >= 11 is -0.447. The quantitative estimate of drug-likeness (QED) is 0.00918. The molecule has 0 saturated carbocycles. The van der Waals surface area contributed by atoms with E-state index in [-0.39, 0.29) is 71.6 Å². The summed E-state index contributed by atoms with van der Waals surface area (Å²) < 4.78 is 168. The number of anilines is 2. The van der Waals surface area contributed by atoms with Crippen molar-refractivity contribution in [2.24, 2.45) is 0 Å². The number of carboxylic acid groups (broad SMARTS) is 2. The zero-order chi connectivity index (χ0) is 98.9. The fourth-order valence-corrected chi connectivity index (χ4v) is 24.2. The van der Waals surface area contributed by atoms with E-state index in [9.17, 15) is 76.2 Å². The number of hydrogen-bond acceptors (Lipinski definition) is 19. The molecule has 0 spiro atoms. The molecule has 10 aromatic carbocycles. The fourth-order valence-electron chi connectivity index (χ4n) is 13.4. The zero-order valence-electron chi connectivity index (χ0n) is 76.8. The van der Waals surface area contributed by atoms with Crippen molar-refractivity contribution in [1.82, 2.24) is 14.1 Å². The zero-order valence-corrected chi connectivity index (χ0v) is 83.0. The van der Waals surface area contributed by atoms with Crippen LogP contribution in [0, 0.1) is 7.14 Å². The van der Waals surface area contributed by atoms with E-state index in [1.54, 1.807) is 52.3 Å². The number of amides is 1. The number of rotatable bonds is 30. The van der Waals surface area contributed by atoms with Crippen LogP contribution in [0.15, 0.2) is 274 Å². The number of para-hydroxylation sites is 3. The van der Waals surface area contributed by atoms with Crippen LogP contribution in [0.4, 0.5) is 42.5 Å². The van der Waals surface area contributed by atoms with Gasteiger partial charge in [0.2, 0.25) is 3.57 Å². The molecular formula is C99H123F6IN6O17S5. The Bertz CT molecular complexity index is 5440. The Morgan fingerprint density at radius 3 is 1.45 bits per heavy atom. The van der Waals surface area contributed by atoms with Crippen molar-refractivity contribution in [3.63, 3.8) is 0 Å². The number of aliphatic hydroxyl groups excluding tert-OH is 3. The van der Waals surface area contributed by atoms with Gasteiger partial charge in [-0.3, -0.25) is 4.90 Å². The molecule has 23 nitrogen and oxygen atoms in total. The third kappa shape index (κ3) is 34.3. The van der Waals surface area contributed by atoms with E-state index >= 15 is 0 Å². The first kappa shape index (κ1) is 113. The molecule has 10 aromatic rings. The molecular weight excluding hydrogens is 1950 g/mol. The number of ether oxygens (including phenoxy) is 2. The number of carbonyl (C=O) groups is 3. The SMILES string of the molecule is CC(C)c1cccc(C(C)C)c1N.CCC(C)(C)OC(=O)N1CCCCC1.CCCCOc1ccc([S+]2CCCC2)c2ccccc12.CS(=O)(=O)[N-]S(=O)(=O)C(F)(F)C(F)(F)C(F)(F)S(=O)(=O)N1CCN(c2ccccc2)CC1.O=C(O)c1ccccc1[O-].O=C([O-])c1ccccc1[I+]c1ccccc1.OCCN(CCO)CCO.c1ccc([S+](c2ccccc2)c2ccccc2)cc1. The van der Waals surface area contributed by atoms with Gasteiger partial charge in [-0.05, 0) is 179 Å². The Kier molecular flexibility index (Phi) is 47.0. The second-order valence-corrected chi connectivity index (χ2v) is 44.7. The molecule has 1 amide bonds. The van der Waals surface area contributed by atoms with E-state index in [4.69, 9.17) is 35.6 Å². The molecule has 730 valence electrons. The number of benzene rings is 10. The van der Waals surface area contributed by atoms with E-state index in [0.717, 1.165) is 60.4 Å². The number of fused-ring (bicyclic) bond motifs is 1. The van der Waals surface area contributed by atoms with Gasteiger partial charge in [-0.2, -0.15) is 30.6 Å². The number of nitrogens with zero attached hydrogens (tertiary/aromatic N) is 5. The average molecular weight is 2070 g/mol. The Labute approximate surface area is 801 Å². The number of sulfonamides is 3. The molecule has 3 saturated heterocycles. The van der Waals surface area contributed by atoms with Crippen LogP contribution in [-0.2, 0) is 56.6 Å². The molecule has 3 fully saturated rings. The van der Waals surface area contributed by atoms with Crippen LogP contribution in [0.25, 0.3) is 14.9 Å². The number of piperidine rings is 1. The molecule has 3 aliphatic rings. The van der Waals surface area contributed by atoms with E-state index < -0.39 is 98.5 Å². The molecule has 0 radical (unpaired) electrons. The van der Waals surface area contributed by atoms with Crippen molar-refractivity contribution in [2.75, 3.05) is 114 Å². The number of unbranched alkanes of at least 4 members (excludes halogenated alkanes) is 1. The summed E-state index contributed by atoms with van der Waals surface area (Å²) in [6.45, 7) is 19.0. The smallest absolute Gasteiger partial charge is 0.428 e. The highest BCUT2D eigenvalue weighted by molar-refractivity contribution is 8.12. The van der Waals surface area contributed by atoms with Gasteiger partial charge < -0.3 is 64.6 Å². The molecule has 0 unspecified atom stereocenters. The van der Waals surface area contributed by atoms with E-state index in [0.29, 0.717) is 53.6 Å². The minimum Gasteiger partial charge on any atom is -0.872 e. The molecule has 3 heterocycles. The summed E-state index contributed by atoms with van der Waals surface area (Å²) in [5.74, 6) is -4.95. The fraction of sp³-hybridized carbons (Fsp3) is 0.384. The molecule has 134 heavy (non-hydrogen) atoms. The van der Waals surface area contributed by atoms with Crippen LogP contribution < -0.4 is 46.8 Å². The molecule has 0 aromatic heterocycles. The summed E-state index contributed by atoms with van der Waals surface area (Å²) in [6, 6.07) is 82.4. The Balaban J connectivity index is 0.000000242. The minimum absolute atomic E-state index is 0.0146. The van der Waals surface area contributed by atoms with Gasteiger partial charge in [-0.25, -0.2) is 34.8 Å². The number of alkyl halides is 6. The van der Waals surface area contributed by atoms with Crippen LogP contribution >= 0.6 is 0 Å². The van der Waals surface area contributed by atoms with Gasteiger partial charge >= 0.3 is 49.7 Å². The largest absolute Gasteiger partial charge is 0.872 e. The predicted molar refractivity (Wildman–Crippen MR) is 512 cm³/mol. The minimum atomic E-state index is -7.11. The lowest BCUT2D eigenvalue weighted by atomic mass is 9.93. The van der Waals surface area contributed by atoms with Crippen LogP contribution in [0.2, 0.25) is 0 Å².